The fraction of sp³-hybridized carbons (Fsp3) is 0.368. The number of nitrogens with zero attached hydrogens (tertiary/aromatic N) is 5. The van der Waals surface area contributed by atoms with Gasteiger partial charge in [-0.25, -0.2) is 4.68 Å². The minimum atomic E-state index is -0.266. The summed E-state index contributed by atoms with van der Waals surface area (Å²) >= 11 is 6.19. The van der Waals surface area contributed by atoms with Crippen molar-refractivity contribution in [2.75, 3.05) is 18.4 Å². The Morgan fingerprint density at radius 3 is 2.89 bits per heavy atom. The second-order valence-corrected chi connectivity index (χ2v) is 7.32. The van der Waals surface area contributed by atoms with Crippen LogP contribution in [0.2, 0.25) is 5.02 Å². The van der Waals surface area contributed by atoms with Gasteiger partial charge in [-0.15, -0.1) is 0 Å². The van der Waals surface area contributed by atoms with Crippen LogP contribution in [0.5, 0.6) is 0 Å². The molecule has 3 heterocycles. The van der Waals surface area contributed by atoms with Crippen LogP contribution in [-0.2, 0) is 13.6 Å². The summed E-state index contributed by atoms with van der Waals surface area (Å²) in [6, 6.07) is 7.58. The summed E-state index contributed by atoms with van der Waals surface area (Å²) in [5, 5.41) is 15.6. The topological polar surface area (TPSA) is 89.7 Å². The molecule has 3 aromatic rings. The van der Waals surface area contributed by atoms with Crippen LogP contribution in [0, 0.1) is 0 Å². The number of nitrogens with one attached hydrogen (secondary N) is 2. The fourth-order valence-corrected chi connectivity index (χ4v) is 3.50. The molecule has 0 bridgehead atoms. The average molecular weight is 400 g/mol. The smallest absolute Gasteiger partial charge is 0.261 e. The molecule has 0 atom stereocenters. The predicted octanol–water partition coefficient (Wildman–Crippen LogP) is 2.43. The number of piperidine rings is 1. The summed E-state index contributed by atoms with van der Waals surface area (Å²) in [4.78, 5) is 17.1. The molecule has 0 unspecified atom stereocenters. The number of aromatic nitrogens is 5. The van der Waals surface area contributed by atoms with Gasteiger partial charge in [-0.3, -0.25) is 14.8 Å². The van der Waals surface area contributed by atoms with E-state index in [0.717, 1.165) is 37.3 Å². The van der Waals surface area contributed by atoms with Crippen molar-refractivity contribution in [1.29, 1.82) is 0 Å². The van der Waals surface area contributed by atoms with Gasteiger partial charge in [0.1, 0.15) is 0 Å². The minimum absolute atomic E-state index is 0.266. The van der Waals surface area contributed by atoms with E-state index in [0.29, 0.717) is 29.0 Å². The van der Waals surface area contributed by atoms with Crippen molar-refractivity contribution in [1.82, 2.24) is 29.9 Å². The van der Waals surface area contributed by atoms with Crippen molar-refractivity contribution in [2.24, 2.45) is 7.05 Å². The molecule has 8 nitrogen and oxygen atoms in total. The second kappa shape index (κ2) is 8.12. The molecule has 4 rings (SSSR count). The lowest BCUT2D eigenvalue weighted by atomic mass is 9.98. The van der Waals surface area contributed by atoms with E-state index in [-0.39, 0.29) is 5.91 Å². The SMILES string of the molecule is Cn1nc(C2CCNCC2)nc1NC(=O)c1cnn(Cc2ccccc2Cl)c1. The molecule has 146 valence electrons. The molecule has 1 aliphatic heterocycles. The molecular formula is C19H22ClN7O. The Balaban J connectivity index is 1.43. The molecule has 0 aliphatic carbocycles. The van der Waals surface area contributed by atoms with E-state index >= 15 is 0 Å². The molecule has 0 saturated carbocycles. The van der Waals surface area contributed by atoms with E-state index < -0.39 is 0 Å². The first kappa shape index (κ1) is 18.6. The number of carbonyl (C=O) groups excluding carboxylic acids is 1. The third-order valence-electron chi connectivity index (χ3n) is 4.89. The Bertz CT molecular complexity index is 974. The number of anilines is 1. The largest absolute Gasteiger partial charge is 0.317 e. The second-order valence-electron chi connectivity index (χ2n) is 6.91. The predicted molar refractivity (Wildman–Crippen MR) is 107 cm³/mol. The molecule has 2 N–H and O–H groups in total. The number of carbonyl (C=O) groups is 1. The maximum Gasteiger partial charge on any atom is 0.261 e. The van der Waals surface area contributed by atoms with Crippen LogP contribution >= 0.6 is 11.6 Å². The van der Waals surface area contributed by atoms with Crippen molar-refractivity contribution in [2.45, 2.75) is 25.3 Å². The van der Waals surface area contributed by atoms with Gasteiger partial charge in [-0.2, -0.15) is 15.2 Å². The molecule has 1 saturated heterocycles. The van der Waals surface area contributed by atoms with Crippen molar-refractivity contribution >= 4 is 23.5 Å². The van der Waals surface area contributed by atoms with E-state index in [9.17, 15) is 4.79 Å². The molecule has 1 aliphatic rings. The van der Waals surface area contributed by atoms with Crippen LogP contribution in [-0.4, -0.2) is 43.5 Å². The fourth-order valence-electron chi connectivity index (χ4n) is 3.31. The van der Waals surface area contributed by atoms with Gasteiger partial charge >= 0.3 is 0 Å². The van der Waals surface area contributed by atoms with E-state index in [1.54, 1.807) is 22.6 Å². The van der Waals surface area contributed by atoms with Gasteiger partial charge in [-0.05, 0) is 37.6 Å². The highest BCUT2D eigenvalue weighted by atomic mass is 35.5. The number of aryl methyl sites for hydroxylation is 1. The lowest BCUT2D eigenvalue weighted by Gasteiger charge is -2.19. The van der Waals surface area contributed by atoms with Crippen LogP contribution in [0.15, 0.2) is 36.7 Å². The number of amides is 1. The highest BCUT2D eigenvalue weighted by Crippen LogP contribution is 2.23. The molecule has 28 heavy (non-hydrogen) atoms. The zero-order valence-corrected chi connectivity index (χ0v) is 16.4. The van der Waals surface area contributed by atoms with Crippen LogP contribution in [0.1, 0.15) is 40.5 Å². The summed E-state index contributed by atoms with van der Waals surface area (Å²) in [5.74, 6) is 1.29. The molecule has 1 amide bonds. The molecule has 0 radical (unpaired) electrons. The van der Waals surface area contributed by atoms with Gasteiger partial charge in [0.05, 0.1) is 18.3 Å². The third-order valence-corrected chi connectivity index (χ3v) is 5.26. The molecular weight excluding hydrogens is 378 g/mol. The van der Waals surface area contributed by atoms with Gasteiger partial charge in [0.15, 0.2) is 5.82 Å². The highest BCUT2D eigenvalue weighted by molar-refractivity contribution is 6.31. The monoisotopic (exact) mass is 399 g/mol. The Hall–Kier alpha value is -2.71. The van der Waals surface area contributed by atoms with Crippen LogP contribution < -0.4 is 10.6 Å². The maximum absolute atomic E-state index is 12.6. The normalized spacial score (nSPS) is 14.9. The first-order valence-electron chi connectivity index (χ1n) is 9.29. The van der Waals surface area contributed by atoms with Gasteiger partial charge in [0, 0.05) is 24.2 Å². The molecule has 2 aromatic heterocycles. The molecule has 1 aromatic carbocycles. The van der Waals surface area contributed by atoms with E-state index in [4.69, 9.17) is 11.6 Å². The number of benzene rings is 1. The lowest BCUT2D eigenvalue weighted by Crippen LogP contribution is -2.27. The number of halogens is 1. The van der Waals surface area contributed by atoms with Crippen molar-refractivity contribution in [3.05, 3.63) is 58.6 Å². The van der Waals surface area contributed by atoms with Gasteiger partial charge in [0.25, 0.3) is 5.91 Å². The minimum Gasteiger partial charge on any atom is -0.317 e. The Labute approximate surface area is 167 Å². The van der Waals surface area contributed by atoms with Gasteiger partial charge in [0.2, 0.25) is 5.95 Å². The van der Waals surface area contributed by atoms with Crippen LogP contribution in [0.4, 0.5) is 5.95 Å². The summed E-state index contributed by atoms with van der Waals surface area (Å²) < 4.78 is 3.30. The third kappa shape index (κ3) is 4.07. The first-order valence-corrected chi connectivity index (χ1v) is 9.67. The highest BCUT2D eigenvalue weighted by Gasteiger charge is 2.21. The van der Waals surface area contributed by atoms with Gasteiger partial charge in [-0.1, -0.05) is 29.8 Å². The Morgan fingerprint density at radius 2 is 2.11 bits per heavy atom. The standard InChI is InChI=1S/C19H22ClN7O/c1-26-19(23-17(25-26)13-6-8-21-9-7-13)24-18(28)15-10-22-27(12-15)11-14-4-2-3-5-16(14)20/h2-5,10,12-13,21H,6-9,11H2,1H3,(H,23,24,25,28). The van der Waals surface area contributed by atoms with Crippen molar-refractivity contribution in [3.63, 3.8) is 0 Å². The van der Waals surface area contributed by atoms with Crippen LogP contribution in [0.3, 0.4) is 0 Å². The Kier molecular flexibility index (Phi) is 5.40. The van der Waals surface area contributed by atoms with E-state index in [2.05, 4.69) is 25.8 Å². The van der Waals surface area contributed by atoms with Crippen molar-refractivity contribution < 1.29 is 4.79 Å². The molecule has 9 heteroatoms. The average Bonchev–Trinajstić information content (AvgIpc) is 3.32. The maximum atomic E-state index is 12.6. The number of hydrogen-bond acceptors (Lipinski definition) is 5. The summed E-state index contributed by atoms with van der Waals surface area (Å²) in [5.41, 5.74) is 1.40. The lowest BCUT2D eigenvalue weighted by molar-refractivity contribution is 0.102. The molecule has 1 fully saturated rings. The van der Waals surface area contributed by atoms with Gasteiger partial charge < -0.3 is 5.32 Å². The first-order chi connectivity index (χ1) is 13.6. The van der Waals surface area contributed by atoms with E-state index in [1.165, 1.54) is 6.20 Å². The number of rotatable bonds is 5. The zero-order chi connectivity index (χ0) is 19.5. The zero-order valence-electron chi connectivity index (χ0n) is 15.6. The summed E-state index contributed by atoms with van der Waals surface area (Å²) in [7, 11) is 1.79. The summed E-state index contributed by atoms with van der Waals surface area (Å²) in [6.45, 7) is 2.43. The molecule has 0 spiro atoms. The quantitative estimate of drug-likeness (QED) is 0.687. The Morgan fingerprint density at radius 1 is 1.32 bits per heavy atom. The summed E-state index contributed by atoms with van der Waals surface area (Å²) in [6.07, 6.45) is 5.25. The van der Waals surface area contributed by atoms with E-state index in [1.807, 2.05) is 24.3 Å². The number of hydrogen-bond donors (Lipinski definition) is 2. The van der Waals surface area contributed by atoms with Crippen molar-refractivity contribution in [3.8, 4) is 0 Å². The van der Waals surface area contributed by atoms with Crippen LogP contribution in [0.25, 0.3) is 0 Å².